The Bertz CT molecular complexity index is 349. The monoisotopic (exact) mass is 303 g/mol. The second-order valence-corrected chi connectivity index (χ2v) is 8.11. The van der Waals surface area contributed by atoms with Crippen LogP contribution in [0.4, 0.5) is 21.0 Å². The summed E-state index contributed by atoms with van der Waals surface area (Å²) in [7, 11) is -14.3. The molecule has 16 heavy (non-hydrogen) atoms. The van der Waals surface area contributed by atoms with Gasteiger partial charge in [-0.15, -0.1) is 0 Å². The quantitative estimate of drug-likeness (QED) is 0.443. The average Bonchev–Trinajstić information content (AvgIpc) is 2.08. The van der Waals surface area contributed by atoms with Gasteiger partial charge in [-0.2, -0.15) is 0 Å². The summed E-state index contributed by atoms with van der Waals surface area (Å²) in [6.07, 6.45) is 2.17. The molecule has 1 aliphatic rings. The van der Waals surface area contributed by atoms with Crippen LogP contribution < -0.4 is 4.86 Å². The van der Waals surface area contributed by atoms with Gasteiger partial charge in [-0.1, -0.05) is 0 Å². The average molecular weight is 303 g/mol. The van der Waals surface area contributed by atoms with Crippen molar-refractivity contribution in [3.05, 3.63) is 12.3 Å². The zero-order valence-corrected chi connectivity index (χ0v) is 10.7. The van der Waals surface area contributed by atoms with E-state index in [0.717, 1.165) is 4.86 Å². The van der Waals surface area contributed by atoms with Crippen LogP contribution in [0.15, 0.2) is 16.9 Å². The molecular weight excluding hydrogens is 294 g/mol. The van der Waals surface area contributed by atoms with Crippen molar-refractivity contribution in [2.75, 3.05) is 0 Å². The standard InChI is InChI=1S/C4H9F5N3OP3/c1-2-3-4-13-12-15(5,6)10-14-11-16(12,7,8)9/h3-4,11,14H,2H2,1H3. The number of nitrogens with zero attached hydrogens (tertiary/aromatic N) is 2. The third-order valence-electron chi connectivity index (χ3n) is 1.37. The van der Waals surface area contributed by atoms with Crippen molar-refractivity contribution in [2.45, 2.75) is 13.3 Å². The van der Waals surface area contributed by atoms with Crippen molar-refractivity contribution in [1.29, 1.82) is 0 Å². The van der Waals surface area contributed by atoms with E-state index >= 15 is 0 Å². The number of halogens is 5. The van der Waals surface area contributed by atoms with Gasteiger partial charge in [-0.25, -0.2) is 0 Å². The fourth-order valence-electron chi connectivity index (χ4n) is 0.746. The predicted molar refractivity (Wildman–Crippen MR) is 55.6 cm³/mol. The van der Waals surface area contributed by atoms with Crippen molar-refractivity contribution in [2.24, 2.45) is 4.52 Å². The Morgan fingerprint density at radius 3 is 2.62 bits per heavy atom. The third-order valence-corrected chi connectivity index (χ3v) is 7.23. The molecule has 0 bridgehead atoms. The van der Waals surface area contributed by atoms with E-state index in [-0.39, 0.29) is 0 Å². The van der Waals surface area contributed by atoms with Crippen LogP contribution in [0.2, 0.25) is 0 Å². The van der Waals surface area contributed by atoms with Gasteiger partial charge in [0.15, 0.2) is 0 Å². The van der Waals surface area contributed by atoms with Crippen molar-refractivity contribution in [1.82, 2.24) is 9.46 Å². The molecule has 0 saturated carbocycles. The van der Waals surface area contributed by atoms with Gasteiger partial charge in [0.1, 0.15) is 0 Å². The van der Waals surface area contributed by atoms with Crippen molar-refractivity contribution in [3.63, 3.8) is 0 Å². The molecular formula is C4H9F5N3OP3. The molecule has 1 unspecified atom stereocenters. The normalized spacial score (nSPS) is 31.8. The minimum absolute atomic E-state index is 0.380. The van der Waals surface area contributed by atoms with Gasteiger partial charge < -0.3 is 0 Å². The van der Waals surface area contributed by atoms with Crippen molar-refractivity contribution >= 4 is 24.5 Å². The summed E-state index contributed by atoms with van der Waals surface area (Å²) in [5.41, 5.74) is 0. The first-order valence-electron chi connectivity index (χ1n) is 4.01. The maximum absolute atomic E-state index is 13.1. The number of nitrogens with one attached hydrogen (secondary N) is 1. The second kappa shape index (κ2) is 4.46. The zero-order valence-electron chi connectivity index (χ0n) is 7.95. The Kier molecular flexibility index (Phi) is 3.98. The molecule has 0 aromatic heterocycles. The SMILES string of the molecule is CCC=CON1P(F)(F)=NPNP1(F)(F)F. The summed E-state index contributed by atoms with van der Waals surface area (Å²) >= 11 is 0. The van der Waals surface area contributed by atoms with Crippen LogP contribution in [0.5, 0.6) is 0 Å². The molecule has 1 rings (SSSR count). The van der Waals surface area contributed by atoms with E-state index in [1.807, 2.05) is 0 Å². The van der Waals surface area contributed by atoms with Crippen molar-refractivity contribution in [3.8, 4) is 0 Å². The number of rotatable bonds is 3. The van der Waals surface area contributed by atoms with Crippen LogP contribution >= 0.6 is 24.5 Å². The molecule has 0 aromatic rings. The van der Waals surface area contributed by atoms with Gasteiger partial charge in [0.25, 0.3) is 0 Å². The van der Waals surface area contributed by atoms with Crippen LogP contribution in [-0.2, 0) is 4.84 Å². The first-order valence-corrected chi connectivity index (χ1v) is 8.29. The maximum atomic E-state index is 13.1. The predicted octanol–water partition coefficient (Wildman–Crippen LogP) is 5.18. The first-order chi connectivity index (χ1) is 7.17. The Morgan fingerprint density at radius 2 is 2.12 bits per heavy atom. The van der Waals surface area contributed by atoms with E-state index < -0.39 is 29.1 Å². The molecule has 0 amide bonds. The minimum atomic E-state index is -7.35. The van der Waals surface area contributed by atoms with Gasteiger partial charge in [-0.05, 0) is 0 Å². The zero-order chi connectivity index (χ0) is 12.5. The molecule has 4 nitrogen and oxygen atoms in total. The van der Waals surface area contributed by atoms with Gasteiger partial charge in [0.2, 0.25) is 0 Å². The van der Waals surface area contributed by atoms with Crippen LogP contribution in [0, 0.1) is 0 Å². The summed E-state index contributed by atoms with van der Waals surface area (Å²) in [5.74, 6) is 0. The Morgan fingerprint density at radius 1 is 1.50 bits per heavy atom. The van der Waals surface area contributed by atoms with E-state index in [1.54, 1.807) is 6.92 Å². The fourth-order valence-corrected chi connectivity index (χ4v) is 5.63. The van der Waals surface area contributed by atoms with Gasteiger partial charge in [0.05, 0.1) is 0 Å². The number of hydrogen-bond donors (Lipinski definition) is 1. The Balaban J connectivity index is 3.01. The Hall–Kier alpha value is 0.200. The molecule has 0 saturated heterocycles. The molecule has 0 aliphatic carbocycles. The molecule has 1 N–H and O–H groups in total. The van der Waals surface area contributed by atoms with E-state index in [4.69, 9.17) is 0 Å². The number of allylic oxidation sites excluding steroid dienone is 1. The van der Waals surface area contributed by atoms with E-state index in [9.17, 15) is 21.0 Å². The molecule has 0 fully saturated rings. The summed E-state index contributed by atoms with van der Waals surface area (Å²) < 4.78 is 66.8. The summed E-state index contributed by atoms with van der Waals surface area (Å²) in [6.45, 7) is 1.63. The summed E-state index contributed by atoms with van der Waals surface area (Å²) in [4.78, 5) is 5.06. The fraction of sp³-hybridized carbons (Fsp3) is 0.500. The van der Waals surface area contributed by atoms with E-state index in [0.29, 0.717) is 12.7 Å². The molecule has 0 radical (unpaired) electrons. The molecule has 12 heteroatoms. The molecule has 1 heterocycles. The second-order valence-electron chi connectivity index (χ2n) is 2.69. The molecule has 0 aromatic carbocycles. The van der Waals surface area contributed by atoms with Crippen LogP contribution in [0.1, 0.15) is 13.3 Å². The van der Waals surface area contributed by atoms with Gasteiger partial charge in [-0.3, -0.25) is 0 Å². The van der Waals surface area contributed by atoms with Crippen LogP contribution in [0.3, 0.4) is 0 Å². The van der Waals surface area contributed by atoms with Gasteiger partial charge in [0, 0.05) is 0 Å². The Labute approximate surface area is 90.8 Å². The van der Waals surface area contributed by atoms with Crippen molar-refractivity contribution < 1.29 is 25.8 Å². The first kappa shape index (κ1) is 14.3. The topological polar surface area (TPSA) is 36.9 Å². The molecule has 96 valence electrons. The van der Waals surface area contributed by atoms with Crippen LogP contribution in [-0.4, -0.2) is 4.60 Å². The number of hydrogen-bond acceptors (Lipinski definition) is 4. The molecule has 1 atom stereocenters. The summed E-state index contributed by atoms with van der Waals surface area (Å²) in [5, 5.41) is 0. The van der Waals surface area contributed by atoms with Gasteiger partial charge >= 0.3 is 90.0 Å². The third kappa shape index (κ3) is 3.11. The van der Waals surface area contributed by atoms with E-state index in [1.165, 1.54) is 6.08 Å². The summed E-state index contributed by atoms with van der Waals surface area (Å²) in [6, 6.07) is 0. The van der Waals surface area contributed by atoms with E-state index in [2.05, 4.69) is 9.35 Å². The molecule has 0 spiro atoms. The molecule has 1 aliphatic heterocycles. The van der Waals surface area contributed by atoms with Crippen LogP contribution in [0.25, 0.3) is 0 Å².